The van der Waals surface area contributed by atoms with Gasteiger partial charge in [-0.1, -0.05) is 64.5 Å². The third-order valence-electron chi connectivity index (χ3n) is 4.41. The highest BCUT2D eigenvalue weighted by atomic mass is 79.9. The number of hydrogen-bond donors (Lipinski definition) is 1. The molecule has 1 amide bonds. The lowest BCUT2D eigenvalue weighted by Crippen LogP contribution is -2.29. The maximum Gasteiger partial charge on any atom is 0.252 e. The summed E-state index contributed by atoms with van der Waals surface area (Å²) in [5.41, 5.74) is 2.58. The number of amides is 1. The summed E-state index contributed by atoms with van der Waals surface area (Å²) in [6.07, 6.45) is 0. The molecule has 0 saturated carbocycles. The van der Waals surface area contributed by atoms with Crippen LogP contribution in [0.1, 0.15) is 34.5 Å². The van der Waals surface area contributed by atoms with E-state index < -0.39 is 0 Å². The van der Waals surface area contributed by atoms with E-state index in [2.05, 4.69) is 21.2 Å². The Bertz CT molecular complexity index is 913. The van der Waals surface area contributed by atoms with Crippen molar-refractivity contribution in [2.45, 2.75) is 13.0 Å². The lowest BCUT2D eigenvalue weighted by Gasteiger charge is -2.20. The molecular formula is C24H24BrNO3. The van der Waals surface area contributed by atoms with Gasteiger partial charge in [-0.05, 0) is 48.4 Å². The fraction of sp³-hybridized carbons (Fsp3) is 0.208. The van der Waals surface area contributed by atoms with Gasteiger partial charge in [-0.3, -0.25) is 4.79 Å². The van der Waals surface area contributed by atoms with Crippen molar-refractivity contribution in [1.82, 2.24) is 5.32 Å². The zero-order valence-electron chi connectivity index (χ0n) is 16.3. The van der Waals surface area contributed by atoms with E-state index in [1.54, 1.807) is 12.1 Å². The van der Waals surface area contributed by atoms with E-state index in [9.17, 15) is 4.79 Å². The summed E-state index contributed by atoms with van der Waals surface area (Å²) < 4.78 is 12.0. The quantitative estimate of drug-likeness (QED) is 0.442. The summed E-state index contributed by atoms with van der Waals surface area (Å²) in [5.74, 6) is 0.495. The number of benzene rings is 3. The van der Waals surface area contributed by atoms with E-state index in [4.69, 9.17) is 9.47 Å². The highest BCUT2D eigenvalue weighted by Gasteiger charge is 2.18. The van der Waals surface area contributed by atoms with Gasteiger partial charge in [-0.15, -0.1) is 0 Å². The number of nitrogens with one attached hydrogen (secondary N) is 1. The van der Waals surface area contributed by atoms with Crippen molar-refractivity contribution >= 4 is 21.8 Å². The van der Waals surface area contributed by atoms with Gasteiger partial charge >= 0.3 is 0 Å². The van der Waals surface area contributed by atoms with E-state index in [0.717, 1.165) is 15.6 Å². The lowest BCUT2D eigenvalue weighted by molar-refractivity contribution is 0.0941. The standard InChI is InChI=1S/C24H24BrNO3/c1-2-28-15-16-29-22-10-6-9-20(17-22)24(27)26-23(18-7-4-3-5-8-18)19-11-13-21(25)14-12-19/h3-14,17,23H,2,15-16H2,1H3,(H,26,27)/t23-/m1/s1. The fourth-order valence-corrected chi connectivity index (χ4v) is 3.23. The molecule has 29 heavy (non-hydrogen) atoms. The second-order valence-corrected chi connectivity index (χ2v) is 7.36. The van der Waals surface area contributed by atoms with E-state index in [1.165, 1.54) is 0 Å². The second-order valence-electron chi connectivity index (χ2n) is 6.44. The number of ether oxygens (including phenoxy) is 2. The van der Waals surface area contributed by atoms with Crippen LogP contribution in [0.15, 0.2) is 83.3 Å². The topological polar surface area (TPSA) is 47.6 Å². The summed E-state index contributed by atoms with van der Waals surface area (Å²) in [7, 11) is 0. The van der Waals surface area contributed by atoms with Gasteiger partial charge in [0.2, 0.25) is 0 Å². The number of halogens is 1. The van der Waals surface area contributed by atoms with E-state index in [0.29, 0.717) is 31.1 Å². The lowest BCUT2D eigenvalue weighted by atomic mass is 9.98. The monoisotopic (exact) mass is 453 g/mol. The normalized spacial score (nSPS) is 11.7. The van der Waals surface area contributed by atoms with Crippen LogP contribution < -0.4 is 10.1 Å². The van der Waals surface area contributed by atoms with Crippen LogP contribution in [0.5, 0.6) is 5.75 Å². The molecule has 1 atom stereocenters. The van der Waals surface area contributed by atoms with Crippen molar-refractivity contribution in [3.63, 3.8) is 0 Å². The molecule has 0 fully saturated rings. The molecule has 5 heteroatoms. The highest BCUT2D eigenvalue weighted by Crippen LogP contribution is 2.24. The van der Waals surface area contributed by atoms with Crippen LogP contribution in [-0.2, 0) is 4.74 Å². The Morgan fingerprint density at radius 1 is 0.931 bits per heavy atom. The van der Waals surface area contributed by atoms with Crippen LogP contribution in [0.3, 0.4) is 0 Å². The summed E-state index contributed by atoms with van der Waals surface area (Å²) in [4.78, 5) is 13.0. The number of carbonyl (C=O) groups excluding carboxylic acids is 1. The van der Waals surface area contributed by atoms with Crippen molar-refractivity contribution in [3.05, 3.63) is 100 Å². The summed E-state index contributed by atoms with van der Waals surface area (Å²) in [6.45, 7) is 3.57. The Morgan fingerprint density at radius 3 is 2.38 bits per heavy atom. The van der Waals surface area contributed by atoms with Crippen molar-refractivity contribution in [1.29, 1.82) is 0 Å². The molecule has 0 saturated heterocycles. The van der Waals surface area contributed by atoms with Crippen LogP contribution in [0, 0.1) is 0 Å². The average molecular weight is 454 g/mol. The highest BCUT2D eigenvalue weighted by molar-refractivity contribution is 9.10. The Labute approximate surface area is 180 Å². The SMILES string of the molecule is CCOCCOc1cccc(C(=O)N[C@H](c2ccccc2)c2ccc(Br)cc2)c1. The molecule has 150 valence electrons. The molecule has 0 aliphatic heterocycles. The number of hydrogen-bond acceptors (Lipinski definition) is 3. The zero-order valence-corrected chi connectivity index (χ0v) is 17.9. The summed E-state index contributed by atoms with van der Waals surface area (Å²) >= 11 is 3.47. The van der Waals surface area contributed by atoms with Crippen molar-refractivity contribution in [3.8, 4) is 5.75 Å². The Morgan fingerprint density at radius 2 is 1.66 bits per heavy atom. The molecule has 0 heterocycles. The van der Waals surface area contributed by atoms with Gasteiger partial charge in [0.25, 0.3) is 5.91 Å². The van der Waals surface area contributed by atoms with Crippen LogP contribution in [0.4, 0.5) is 0 Å². The van der Waals surface area contributed by atoms with Crippen LogP contribution in [-0.4, -0.2) is 25.7 Å². The molecule has 0 unspecified atom stereocenters. The minimum absolute atomic E-state index is 0.156. The minimum atomic E-state index is -0.251. The smallest absolute Gasteiger partial charge is 0.252 e. The third-order valence-corrected chi connectivity index (χ3v) is 4.94. The van der Waals surface area contributed by atoms with Gasteiger partial charge in [0.1, 0.15) is 12.4 Å². The molecule has 4 nitrogen and oxygen atoms in total. The van der Waals surface area contributed by atoms with Gasteiger partial charge in [-0.25, -0.2) is 0 Å². The summed E-state index contributed by atoms with van der Waals surface area (Å²) in [5, 5.41) is 3.15. The molecule has 0 aliphatic carbocycles. The van der Waals surface area contributed by atoms with E-state index in [-0.39, 0.29) is 11.9 Å². The molecule has 3 rings (SSSR count). The Kier molecular flexibility index (Phi) is 7.85. The maximum atomic E-state index is 13.0. The van der Waals surface area contributed by atoms with Gasteiger partial charge < -0.3 is 14.8 Å². The van der Waals surface area contributed by atoms with Gasteiger partial charge in [-0.2, -0.15) is 0 Å². The Balaban J connectivity index is 1.77. The van der Waals surface area contributed by atoms with Crippen LogP contribution >= 0.6 is 15.9 Å². The molecule has 0 bridgehead atoms. The summed E-state index contributed by atoms with van der Waals surface area (Å²) in [6, 6.07) is 24.9. The van der Waals surface area contributed by atoms with Crippen LogP contribution in [0.2, 0.25) is 0 Å². The first-order chi connectivity index (χ1) is 14.2. The largest absolute Gasteiger partial charge is 0.491 e. The van der Waals surface area contributed by atoms with Crippen molar-refractivity contribution < 1.29 is 14.3 Å². The first-order valence-electron chi connectivity index (χ1n) is 9.59. The molecule has 0 aromatic heterocycles. The zero-order chi connectivity index (χ0) is 20.5. The minimum Gasteiger partial charge on any atom is -0.491 e. The molecule has 0 aliphatic rings. The number of rotatable bonds is 9. The van der Waals surface area contributed by atoms with Crippen molar-refractivity contribution in [2.24, 2.45) is 0 Å². The second kappa shape index (κ2) is 10.8. The average Bonchev–Trinajstić information content (AvgIpc) is 2.76. The molecule has 1 N–H and O–H groups in total. The third kappa shape index (κ3) is 6.17. The van der Waals surface area contributed by atoms with Crippen LogP contribution in [0.25, 0.3) is 0 Å². The molecule has 3 aromatic carbocycles. The van der Waals surface area contributed by atoms with E-state index >= 15 is 0 Å². The predicted molar refractivity (Wildman–Crippen MR) is 118 cm³/mol. The first kappa shape index (κ1) is 21.1. The van der Waals surface area contributed by atoms with Gasteiger partial charge in [0, 0.05) is 16.6 Å². The van der Waals surface area contributed by atoms with Gasteiger partial charge in [0.15, 0.2) is 0 Å². The Hall–Kier alpha value is -2.63. The predicted octanol–water partition coefficient (Wildman–Crippen LogP) is 5.38. The maximum absolute atomic E-state index is 13.0. The first-order valence-corrected chi connectivity index (χ1v) is 10.4. The fourth-order valence-electron chi connectivity index (χ4n) is 2.96. The molecular weight excluding hydrogens is 430 g/mol. The van der Waals surface area contributed by atoms with E-state index in [1.807, 2.05) is 73.7 Å². The molecule has 0 radical (unpaired) electrons. The molecule has 0 spiro atoms. The molecule has 3 aromatic rings. The number of carbonyl (C=O) groups is 1. The van der Waals surface area contributed by atoms with Crippen molar-refractivity contribution in [2.75, 3.05) is 19.8 Å². The van der Waals surface area contributed by atoms with Gasteiger partial charge in [0.05, 0.1) is 12.6 Å².